The van der Waals surface area contributed by atoms with Crippen LogP contribution in [0.4, 0.5) is 0 Å². The Hall–Kier alpha value is -2.36. The summed E-state index contributed by atoms with van der Waals surface area (Å²) in [5.41, 5.74) is 3.19. The molecule has 0 saturated carbocycles. The number of nitrogens with zero attached hydrogens (tertiary/aromatic N) is 1. The molecule has 2 rings (SSSR count). The summed E-state index contributed by atoms with van der Waals surface area (Å²) in [7, 11) is 2.99. The van der Waals surface area contributed by atoms with Crippen molar-refractivity contribution in [1.29, 1.82) is 0 Å². The van der Waals surface area contributed by atoms with Gasteiger partial charge in [-0.25, -0.2) is 4.79 Å². The van der Waals surface area contributed by atoms with E-state index in [1.807, 2.05) is 25.1 Å². The molecule has 2 aromatic rings. The van der Waals surface area contributed by atoms with Gasteiger partial charge in [0, 0.05) is 12.4 Å². The topological polar surface area (TPSA) is 48.4 Å². The third-order valence-electron chi connectivity index (χ3n) is 2.93. The lowest BCUT2D eigenvalue weighted by atomic mass is 10.00. The number of methoxy groups -OCH3 is 2. The van der Waals surface area contributed by atoms with Crippen LogP contribution in [0, 0.1) is 6.92 Å². The molecule has 0 unspecified atom stereocenters. The fourth-order valence-electron chi connectivity index (χ4n) is 1.96. The molecule has 1 aromatic carbocycles. The average molecular weight is 257 g/mol. The Morgan fingerprint density at radius 2 is 2.00 bits per heavy atom. The second-order valence-corrected chi connectivity index (χ2v) is 4.10. The largest absolute Gasteiger partial charge is 0.496 e. The van der Waals surface area contributed by atoms with Crippen LogP contribution in [0.2, 0.25) is 0 Å². The summed E-state index contributed by atoms with van der Waals surface area (Å²) in [5.74, 6) is 0.425. The summed E-state index contributed by atoms with van der Waals surface area (Å²) in [6.07, 6.45) is 3.17. The van der Waals surface area contributed by atoms with Crippen LogP contribution in [0.5, 0.6) is 5.75 Å². The van der Waals surface area contributed by atoms with Crippen LogP contribution in [-0.2, 0) is 4.74 Å². The molecule has 0 radical (unpaired) electrons. The first-order valence-electron chi connectivity index (χ1n) is 5.84. The molecule has 1 aromatic heterocycles. The maximum atomic E-state index is 11.7. The zero-order valence-corrected chi connectivity index (χ0v) is 11.1. The lowest BCUT2D eigenvalue weighted by molar-refractivity contribution is 0.0601. The Balaban J connectivity index is 2.53. The summed E-state index contributed by atoms with van der Waals surface area (Å²) in [6.45, 7) is 1.96. The van der Waals surface area contributed by atoms with Crippen molar-refractivity contribution in [2.45, 2.75) is 6.92 Å². The van der Waals surface area contributed by atoms with Gasteiger partial charge in [0.2, 0.25) is 0 Å². The van der Waals surface area contributed by atoms with Gasteiger partial charge >= 0.3 is 5.97 Å². The summed E-state index contributed by atoms with van der Waals surface area (Å²) in [5, 5.41) is 0. The van der Waals surface area contributed by atoms with Crippen molar-refractivity contribution >= 4 is 5.97 Å². The van der Waals surface area contributed by atoms with E-state index in [4.69, 9.17) is 9.47 Å². The minimum Gasteiger partial charge on any atom is -0.496 e. The second-order valence-electron chi connectivity index (χ2n) is 4.10. The summed E-state index contributed by atoms with van der Waals surface area (Å²) < 4.78 is 10.0. The standard InChI is InChI=1S/C15H15NO3/c1-10-8-11(4-5-14(10)18-2)12-6-7-16-9-13(12)15(17)19-3/h4-9H,1-3H3. The van der Waals surface area contributed by atoms with Crippen molar-refractivity contribution in [3.8, 4) is 16.9 Å². The van der Waals surface area contributed by atoms with Gasteiger partial charge in [0.15, 0.2) is 0 Å². The van der Waals surface area contributed by atoms with Gasteiger partial charge in [-0.1, -0.05) is 6.07 Å². The van der Waals surface area contributed by atoms with E-state index in [-0.39, 0.29) is 0 Å². The van der Waals surface area contributed by atoms with E-state index in [1.54, 1.807) is 19.4 Å². The number of aryl methyl sites for hydroxylation is 1. The highest BCUT2D eigenvalue weighted by Crippen LogP contribution is 2.28. The first-order chi connectivity index (χ1) is 9.17. The van der Waals surface area contributed by atoms with Crippen LogP contribution in [0.1, 0.15) is 15.9 Å². The summed E-state index contributed by atoms with van der Waals surface area (Å²) >= 11 is 0. The van der Waals surface area contributed by atoms with Crippen LogP contribution in [0.25, 0.3) is 11.1 Å². The van der Waals surface area contributed by atoms with E-state index in [1.165, 1.54) is 13.3 Å². The second kappa shape index (κ2) is 5.52. The molecule has 19 heavy (non-hydrogen) atoms. The molecular weight excluding hydrogens is 242 g/mol. The molecule has 1 heterocycles. The van der Waals surface area contributed by atoms with Crippen molar-refractivity contribution < 1.29 is 14.3 Å². The molecule has 0 bridgehead atoms. The van der Waals surface area contributed by atoms with Gasteiger partial charge in [-0.15, -0.1) is 0 Å². The molecule has 0 fully saturated rings. The maximum Gasteiger partial charge on any atom is 0.340 e. The molecule has 0 aliphatic heterocycles. The third-order valence-corrected chi connectivity index (χ3v) is 2.93. The zero-order chi connectivity index (χ0) is 13.8. The summed E-state index contributed by atoms with van der Waals surface area (Å²) in [4.78, 5) is 15.7. The predicted molar refractivity (Wildman–Crippen MR) is 72.3 cm³/mol. The number of rotatable bonds is 3. The van der Waals surface area contributed by atoms with Gasteiger partial charge in [0.1, 0.15) is 5.75 Å². The lowest BCUT2D eigenvalue weighted by Gasteiger charge is -2.10. The van der Waals surface area contributed by atoms with Crippen molar-refractivity contribution in [3.63, 3.8) is 0 Å². The number of carbonyl (C=O) groups is 1. The number of ether oxygens (including phenoxy) is 2. The SMILES string of the molecule is COC(=O)c1cnccc1-c1ccc(OC)c(C)c1. The monoisotopic (exact) mass is 257 g/mol. The van der Waals surface area contributed by atoms with E-state index in [9.17, 15) is 4.79 Å². The molecule has 4 heteroatoms. The zero-order valence-electron chi connectivity index (χ0n) is 11.1. The number of benzene rings is 1. The number of hydrogen-bond donors (Lipinski definition) is 0. The van der Waals surface area contributed by atoms with Gasteiger partial charge in [-0.05, 0) is 41.8 Å². The number of hydrogen-bond acceptors (Lipinski definition) is 4. The minimum atomic E-state index is -0.392. The molecule has 0 amide bonds. The molecule has 4 nitrogen and oxygen atoms in total. The minimum absolute atomic E-state index is 0.392. The fraction of sp³-hybridized carbons (Fsp3) is 0.200. The molecule has 0 spiro atoms. The first kappa shape index (κ1) is 13.1. The number of esters is 1. The van der Waals surface area contributed by atoms with E-state index in [0.717, 1.165) is 22.4 Å². The maximum absolute atomic E-state index is 11.7. The number of aromatic nitrogens is 1. The highest BCUT2D eigenvalue weighted by molar-refractivity contribution is 5.96. The predicted octanol–water partition coefficient (Wildman–Crippen LogP) is 2.85. The van der Waals surface area contributed by atoms with E-state index in [2.05, 4.69) is 4.98 Å². The Labute approximate surface area is 112 Å². The van der Waals surface area contributed by atoms with Gasteiger partial charge in [0.25, 0.3) is 0 Å². The highest BCUT2D eigenvalue weighted by Gasteiger charge is 2.13. The van der Waals surface area contributed by atoms with E-state index >= 15 is 0 Å². The number of carbonyl (C=O) groups excluding carboxylic acids is 1. The van der Waals surface area contributed by atoms with Crippen LogP contribution in [0.15, 0.2) is 36.7 Å². The molecule has 0 saturated heterocycles. The molecule has 98 valence electrons. The molecule has 0 aliphatic rings. The Bertz CT molecular complexity index is 608. The number of pyridine rings is 1. The van der Waals surface area contributed by atoms with Crippen molar-refractivity contribution in [1.82, 2.24) is 4.98 Å². The van der Waals surface area contributed by atoms with Crippen LogP contribution >= 0.6 is 0 Å². The van der Waals surface area contributed by atoms with Gasteiger partial charge in [0.05, 0.1) is 19.8 Å². The van der Waals surface area contributed by atoms with Crippen LogP contribution in [-0.4, -0.2) is 25.2 Å². The van der Waals surface area contributed by atoms with Gasteiger partial charge in [-0.3, -0.25) is 4.98 Å². The van der Waals surface area contributed by atoms with Crippen LogP contribution < -0.4 is 4.74 Å². The van der Waals surface area contributed by atoms with Crippen molar-refractivity contribution in [2.75, 3.05) is 14.2 Å². The van der Waals surface area contributed by atoms with E-state index in [0.29, 0.717) is 5.56 Å². The normalized spacial score (nSPS) is 10.1. The van der Waals surface area contributed by atoms with Gasteiger partial charge < -0.3 is 9.47 Å². The molecule has 0 N–H and O–H groups in total. The van der Waals surface area contributed by atoms with Gasteiger partial charge in [-0.2, -0.15) is 0 Å². The smallest absolute Gasteiger partial charge is 0.340 e. The first-order valence-corrected chi connectivity index (χ1v) is 5.84. The van der Waals surface area contributed by atoms with Crippen molar-refractivity contribution in [3.05, 3.63) is 47.8 Å². The highest BCUT2D eigenvalue weighted by atomic mass is 16.5. The quantitative estimate of drug-likeness (QED) is 0.793. The molecule has 0 aliphatic carbocycles. The molecule has 0 atom stereocenters. The Morgan fingerprint density at radius 3 is 2.63 bits per heavy atom. The average Bonchev–Trinajstić information content (AvgIpc) is 2.46. The van der Waals surface area contributed by atoms with E-state index < -0.39 is 5.97 Å². The fourth-order valence-corrected chi connectivity index (χ4v) is 1.96. The third kappa shape index (κ3) is 2.57. The van der Waals surface area contributed by atoms with Crippen LogP contribution in [0.3, 0.4) is 0 Å². The molecular formula is C15H15NO3. The Morgan fingerprint density at radius 1 is 1.21 bits per heavy atom. The van der Waals surface area contributed by atoms with Crippen molar-refractivity contribution in [2.24, 2.45) is 0 Å². The lowest BCUT2D eigenvalue weighted by Crippen LogP contribution is -2.04. The Kier molecular flexibility index (Phi) is 3.80. The summed E-state index contributed by atoms with van der Waals surface area (Å²) in [6, 6.07) is 7.56.